The monoisotopic (exact) mass is 418 g/mol. The van der Waals surface area contributed by atoms with Crippen LogP contribution < -0.4 is 0 Å². The van der Waals surface area contributed by atoms with Crippen LogP contribution in [0.15, 0.2) is 78.9 Å². The Labute approximate surface area is 171 Å². The molecule has 3 atom stereocenters. The third-order valence-corrected chi connectivity index (χ3v) is 6.93. The minimum atomic E-state index is 0.400. The van der Waals surface area contributed by atoms with Gasteiger partial charge in [-0.1, -0.05) is 102 Å². The first kappa shape index (κ1) is 18.5. The number of hydrogen-bond acceptors (Lipinski definition) is 0. The van der Waals surface area contributed by atoms with Gasteiger partial charge in [0.1, 0.15) is 0 Å². The van der Waals surface area contributed by atoms with Crippen LogP contribution in [0.4, 0.5) is 0 Å². The normalized spacial score (nSPS) is 16.1. The van der Waals surface area contributed by atoms with E-state index in [0.717, 1.165) is 6.42 Å². The predicted octanol–water partition coefficient (Wildman–Crippen LogP) is 7.59. The van der Waals surface area contributed by atoms with Crippen molar-refractivity contribution >= 4 is 15.9 Å². The van der Waals surface area contributed by atoms with E-state index >= 15 is 0 Å². The zero-order valence-electron chi connectivity index (χ0n) is 15.9. The molecule has 0 heterocycles. The Morgan fingerprint density at radius 1 is 0.704 bits per heavy atom. The van der Waals surface area contributed by atoms with E-state index in [0.29, 0.717) is 16.7 Å². The molecule has 0 saturated heterocycles. The van der Waals surface area contributed by atoms with Crippen molar-refractivity contribution < 1.29 is 0 Å². The molecule has 138 valence electrons. The zero-order valence-corrected chi connectivity index (χ0v) is 17.5. The third-order valence-electron chi connectivity index (χ3n) is 6.02. The van der Waals surface area contributed by atoms with Gasteiger partial charge in [-0.15, -0.1) is 0 Å². The fraction of sp³-hybridized carbons (Fsp3) is 0.308. The highest BCUT2D eigenvalue weighted by molar-refractivity contribution is 9.09. The first-order valence-electron chi connectivity index (χ1n) is 10.1. The van der Waals surface area contributed by atoms with Crippen LogP contribution in [0.2, 0.25) is 0 Å². The number of alkyl halides is 1. The predicted molar refractivity (Wildman–Crippen MR) is 119 cm³/mol. The molecule has 1 aliphatic carbocycles. The van der Waals surface area contributed by atoms with Gasteiger partial charge in [0.25, 0.3) is 0 Å². The lowest BCUT2D eigenvalue weighted by Gasteiger charge is -2.26. The Morgan fingerprint density at radius 2 is 1.33 bits per heavy atom. The number of benzene rings is 3. The van der Waals surface area contributed by atoms with Crippen LogP contribution in [-0.2, 0) is 12.8 Å². The van der Waals surface area contributed by atoms with Gasteiger partial charge in [0, 0.05) is 4.83 Å². The molecule has 0 aliphatic heterocycles. The molecule has 0 aromatic heterocycles. The van der Waals surface area contributed by atoms with Crippen molar-refractivity contribution in [1.29, 1.82) is 0 Å². The molecule has 27 heavy (non-hydrogen) atoms. The Kier molecular flexibility index (Phi) is 5.78. The largest absolute Gasteiger partial charge is 0.0839 e. The van der Waals surface area contributed by atoms with Crippen molar-refractivity contribution in [3.8, 4) is 0 Å². The Hall–Kier alpha value is -1.86. The fourth-order valence-corrected chi connectivity index (χ4v) is 4.97. The van der Waals surface area contributed by atoms with Crippen molar-refractivity contribution in [3.05, 3.63) is 107 Å². The van der Waals surface area contributed by atoms with Crippen molar-refractivity contribution in [3.63, 3.8) is 0 Å². The van der Waals surface area contributed by atoms with Gasteiger partial charge >= 0.3 is 0 Å². The second-order valence-electron chi connectivity index (χ2n) is 7.89. The van der Waals surface area contributed by atoms with Crippen LogP contribution in [-0.4, -0.2) is 0 Å². The van der Waals surface area contributed by atoms with Crippen LogP contribution >= 0.6 is 15.9 Å². The summed E-state index contributed by atoms with van der Waals surface area (Å²) in [5, 5.41) is 0. The number of hydrogen-bond donors (Lipinski definition) is 0. The molecule has 3 aromatic carbocycles. The standard InChI is InChI=1S/C26H27Br/c1-19(20-8-4-2-5-9-20)16-25(21-10-6-3-7-11-21)18-26(27)24-15-13-22-12-14-23(22)17-24/h2-11,13,15,17,19,25-26H,12,14,16,18H2,1H3. The highest BCUT2D eigenvalue weighted by atomic mass is 79.9. The number of aryl methyl sites for hydroxylation is 2. The first-order chi connectivity index (χ1) is 13.2. The smallest absolute Gasteiger partial charge is 0.0401 e. The van der Waals surface area contributed by atoms with E-state index in [2.05, 4.69) is 102 Å². The summed E-state index contributed by atoms with van der Waals surface area (Å²) in [6, 6.07) is 29.0. The van der Waals surface area contributed by atoms with Gasteiger partial charge in [0.05, 0.1) is 0 Å². The van der Waals surface area contributed by atoms with E-state index in [9.17, 15) is 0 Å². The highest BCUT2D eigenvalue weighted by Crippen LogP contribution is 2.40. The van der Waals surface area contributed by atoms with Gasteiger partial charge in [0.15, 0.2) is 0 Å². The number of halogens is 1. The average molecular weight is 419 g/mol. The van der Waals surface area contributed by atoms with Crippen LogP contribution in [0.1, 0.15) is 64.2 Å². The second-order valence-corrected chi connectivity index (χ2v) is 8.99. The van der Waals surface area contributed by atoms with Gasteiger partial charge in [0.2, 0.25) is 0 Å². The fourth-order valence-electron chi connectivity index (χ4n) is 4.23. The third kappa shape index (κ3) is 4.35. The molecule has 0 N–H and O–H groups in total. The van der Waals surface area contributed by atoms with Gasteiger partial charge in [-0.3, -0.25) is 0 Å². The Morgan fingerprint density at radius 3 is 1.93 bits per heavy atom. The van der Waals surface area contributed by atoms with Crippen LogP contribution in [0.25, 0.3) is 0 Å². The van der Waals surface area contributed by atoms with Crippen molar-refractivity contribution in [2.45, 2.75) is 49.3 Å². The molecule has 0 saturated carbocycles. The van der Waals surface area contributed by atoms with Crippen molar-refractivity contribution in [1.82, 2.24) is 0 Å². The minimum absolute atomic E-state index is 0.400. The summed E-state index contributed by atoms with van der Waals surface area (Å²) in [5.41, 5.74) is 7.41. The summed E-state index contributed by atoms with van der Waals surface area (Å²) >= 11 is 4.01. The lowest BCUT2D eigenvalue weighted by Crippen LogP contribution is -2.10. The molecule has 4 rings (SSSR count). The number of rotatable bonds is 7. The minimum Gasteiger partial charge on any atom is -0.0839 e. The van der Waals surface area contributed by atoms with Crippen LogP contribution in [0.5, 0.6) is 0 Å². The first-order valence-corrected chi connectivity index (χ1v) is 11.0. The molecule has 0 fully saturated rings. The topological polar surface area (TPSA) is 0 Å². The molecule has 1 aliphatic rings. The Bertz CT molecular complexity index is 869. The van der Waals surface area contributed by atoms with Gasteiger partial charge in [-0.05, 0) is 65.3 Å². The van der Waals surface area contributed by atoms with E-state index in [1.54, 1.807) is 5.56 Å². The summed E-state index contributed by atoms with van der Waals surface area (Å²) in [6.45, 7) is 2.36. The maximum absolute atomic E-state index is 4.01. The molecule has 0 bridgehead atoms. The average Bonchev–Trinajstić information content (AvgIpc) is 2.69. The molecule has 0 amide bonds. The lowest BCUT2D eigenvalue weighted by atomic mass is 9.81. The van der Waals surface area contributed by atoms with E-state index in [1.807, 2.05) is 0 Å². The zero-order chi connectivity index (χ0) is 18.6. The van der Waals surface area contributed by atoms with Gasteiger partial charge in [-0.25, -0.2) is 0 Å². The molecule has 3 aromatic rings. The molecular formula is C26H27Br. The molecule has 1 heteroatoms. The number of fused-ring (bicyclic) bond motifs is 1. The SMILES string of the molecule is CC(CC(CC(Br)c1ccc2c(c1)CC2)c1ccccc1)c1ccccc1. The Balaban J connectivity index is 1.53. The summed E-state index contributed by atoms with van der Waals surface area (Å²) in [4.78, 5) is 0.400. The molecule has 0 spiro atoms. The van der Waals surface area contributed by atoms with E-state index in [4.69, 9.17) is 0 Å². The summed E-state index contributed by atoms with van der Waals surface area (Å²) in [5.74, 6) is 1.09. The van der Waals surface area contributed by atoms with Crippen molar-refractivity contribution in [2.75, 3.05) is 0 Å². The summed E-state index contributed by atoms with van der Waals surface area (Å²) in [6.07, 6.45) is 4.79. The maximum Gasteiger partial charge on any atom is 0.0401 e. The molecule has 0 nitrogen and oxygen atoms in total. The van der Waals surface area contributed by atoms with E-state index in [-0.39, 0.29) is 0 Å². The highest BCUT2D eigenvalue weighted by Gasteiger charge is 2.22. The molecule has 3 unspecified atom stereocenters. The quantitative estimate of drug-likeness (QED) is 0.346. The molecular weight excluding hydrogens is 392 g/mol. The van der Waals surface area contributed by atoms with Crippen LogP contribution in [0.3, 0.4) is 0 Å². The van der Waals surface area contributed by atoms with Gasteiger partial charge in [-0.2, -0.15) is 0 Å². The van der Waals surface area contributed by atoms with Gasteiger partial charge < -0.3 is 0 Å². The van der Waals surface area contributed by atoms with Crippen molar-refractivity contribution in [2.24, 2.45) is 0 Å². The summed E-state index contributed by atoms with van der Waals surface area (Å²) < 4.78 is 0. The lowest BCUT2D eigenvalue weighted by molar-refractivity contribution is 0.523. The van der Waals surface area contributed by atoms with E-state index in [1.165, 1.54) is 41.5 Å². The van der Waals surface area contributed by atoms with Crippen LogP contribution in [0, 0.1) is 0 Å². The van der Waals surface area contributed by atoms with E-state index < -0.39 is 0 Å². The second kappa shape index (κ2) is 8.44. The maximum atomic E-state index is 4.01. The summed E-state index contributed by atoms with van der Waals surface area (Å²) in [7, 11) is 0. The molecule has 0 radical (unpaired) electrons.